The first-order chi connectivity index (χ1) is 48.4. The number of nitrogens with zero attached hydrogens (tertiary/aromatic N) is 2. The molecule has 0 amide bonds. The SMILES string of the molecule is C[C@H]1CC2CCC(C2)C12c1cc(-c3ccccc3)ccc1-c1c(N(c3cccc4ccccc34)c3cc4oc5cc6cc(N(c7cccc8c7-c7ccc(-c9ccccc9)cc7C87CC8CCC7C8)c7cccc8ccccc78)ccc6cc5c4c4c3oc3ccccc34)cccc12. The summed E-state index contributed by atoms with van der Waals surface area (Å²) in [6, 6.07) is 106. The second kappa shape index (κ2) is 20.6. The highest BCUT2D eigenvalue weighted by atomic mass is 16.3. The van der Waals surface area contributed by atoms with Gasteiger partial charge in [0.15, 0.2) is 5.58 Å². The molecular weight excluding hydrogens is 1190 g/mol. The van der Waals surface area contributed by atoms with E-state index in [1.807, 2.05) is 0 Å². The van der Waals surface area contributed by atoms with E-state index in [1.165, 1.54) is 145 Å². The molecule has 22 rings (SSSR count). The Kier molecular flexibility index (Phi) is 11.6. The van der Waals surface area contributed by atoms with Crippen LogP contribution >= 0.6 is 0 Å². The van der Waals surface area contributed by atoms with Gasteiger partial charge in [-0.3, -0.25) is 0 Å². The van der Waals surface area contributed by atoms with Crippen LogP contribution in [0.1, 0.15) is 80.5 Å². The minimum absolute atomic E-state index is 0.0253. The fraction of sp³-hybridized carbons (Fsp3) is 0.170. The molecule has 2 heterocycles. The first-order valence-electron chi connectivity index (χ1n) is 35.9. The van der Waals surface area contributed by atoms with Crippen LogP contribution in [0.2, 0.25) is 0 Å². The van der Waals surface area contributed by atoms with Crippen molar-refractivity contribution in [1.29, 1.82) is 0 Å². The van der Waals surface area contributed by atoms with Gasteiger partial charge in [0, 0.05) is 66.0 Å². The summed E-state index contributed by atoms with van der Waals surface area (Å²) in [6.45, 7) is 2.58. The van der Waals surface area contributed by atoms with Crippen LogP contribution < -0.4 is 9.80 Å². The summed E-state index contributed by atoms with van der Waals surface area (Å²) >= 11 is 0. The number of anilines is 6. The molecule has 0 saturated heterocycles. The lowest BCUT2D eigenvalue weighted by Crippen LogP contribution is -2.43. The lowest BCUT2D eigenvalue weighted by Gasteiger charge is -2.47. The smallest absolute Gasteiger partial charge is 0.160 e. The lowest BCUT2D eigenvalue weighted by molar-refractivity contribution is 0.162. The predicted molar refractivity (Wildman–Crippen MR) is 406 cm³/mol. The van der Waals surface area contributed by atoms with Crippen LogP contribution in [0.4, 0.5) is 34.1 Å². The summed E-state index contributed by atoms with van der Waals surface area (Å²) in [6.07, 6.45) is 10.2. The van der Waals surface area contributed by atoms with E-state index in [4.69, 9.17) is 8.83 Å². The monoisotopic (exact) mass is 1260 g/mol. The first-order valence-corrected chi connectivity index (χ1v) is 35.9. The van der Waals surface area contributed by atoms with Gasteiger partial charge in [0.1, 0.15) is 16.7 Å². The molecule has 2 spiro atoms. The summed E-state index contributed by atoms with van der Waals surface area (Å²) in [5.41, 5.74) is 26.4. The van der Waals surface area contributed by atoms with E-state index in [9.17, 15) is 0 Å². The molecule has 0 radical (unpaired) electrons. The third-order valence-electron chi connectivity index (χ3n) is 25.2. The van der Waals surface area contributed by atoms with Crippen molar-refractivity contribution in [1.82, 2.24) is 0 Å². The third kappa shape index (κ3) is 7.55. The maximum atomic E-state index is 7.54. The van der Waals surface area contributed by atoms with Crippen molar-refractivity contribution in [2.24, 2.45) is 29.6 Å². The molecule has 7 atom stereocenters. The van der Waals surface area contributed by atoms with Crippen molar-refractivity contribution in [3.8, 4) is 44.5 Å². The molecule has 4 nitrogen and oxygen atoms in total. The van der Waals surface area contributed by atoms with Gasteiger partial charge < -0.3 is 18.6 Å². The van der Waals surface area contributed by atoms with Crippen LogP contribution in [0.25, 0.3) is 121 Å². The van der Waals surface area contributed by atoms with Crippen LogP contribution in [-0.2, 0) is 10.8 Å². The Morgan fingerprint density at radius 3 is 1.65 bits per heavy atom. The number of rotatable bonds is 8. The number of furan rings is 2. The molecule has 6 aliphatic rings. The van der Waals surface area contributed by atoms with Gasteiger partial charge in [0.05, 0.1) is 28.4 Å². The van der Waals surface area contributed by atoms with E-state index in [0.717, 1.165) is 94.9 Å². The minimum atomic E-state index is -0.133. The van der Waals surface area contributed by atoms with E-state index in [-0.39, 0.29) is 10.8 Å². The molecule has 16 aromatic rings. The maximum Gasteiger partial charge on any atom is 0.160 e. The fourth-order valence-electron chi connectivity index (χ4n) is 21.4. The molecule has 4 heteroatoms. The van der Waals surface area contributed by atoms with Gasteiger partial charge in [0.2, 0.25) is 0 Å². The van der Waals surface area contributed by atoms with Gasteiger partial charge in [-0.05, 0) is 212 Å². The van der Waals surface area contributed by atoms with Crippen molar-refractivity contribution >= 4 is 110 Å². The summed E-state index contributed by atoms with van der Waals surface area (Å²) in [5.74, 6) is 3.16. The Bertz CT molecular complexity index is 6050. The Balaban J connectivity index is 0.765. The maximum absolute atomic E-state index is 7.54. The largest absolute Gasteiger partial charge is 0.456 e. The highest BCUT2D eigenvalue weighted by Crippen LogP contribution is 2.70. The number of benzene rings is 14. The molecule has 14 aromatic carbocycles. The van der Waals surface area contributed by atoms with Gasteiger partial charge in [-0.25, -0.2) is 0 Å². The normalized spacial score (nSPS) is 21.6. The molecule has 6 aliphatic carbocycles. The van der Waals surface area contributed by atoms with E-state index < -0.39 is 0 Å². The zero-order chi connectivity index (χ0) is 64.1. The van der Waals surface area contributed by atoms with Crippen molar-refractivity contribution in [3.63, 3.8) is 0 Å². The molecule has 0 aliphatic heterocycles. The van der Waals surface area contributed by atoms with Crippen LogP contribution in [0, 0.1) is 29.6 Å². The second-order valence-corrected chi connectivity index (χ2v) is 29.8. The van der Waals surface area contributed by atoms with Crippen LogP contribution in [-0.4, -0.2) is 0 Å². The van der Waals surface area contributed by atoms with E-state index >= 15 is 0 Å². The summed E-state index contributed by atoms with van der Waals surface area (Å²) in [4.78, 5) is 5.14. The van der Waals surface area contributed by atoms with Crippen LogP contribution in [0.3, 0.4) is 0 Å². The Labute approximate surface area is 570 Å². The van der Waals surface area contributed by atoms with Gasteiger partial charge >= 0.3 is 0 Å². The van der Waals surface area contributed by atoms with Crippen molar-refractivity contribution in [3.05, 3.63) is 301 Å². The van der Waals surface area contributed by atoms with Crippen LogP contribution in [0.5, 0.6) is 0 Å². The highest BCUT2D eigenvalue weighted by Gasteiger charge is 2.59. The van der Waals surface area contributed by atoms with Crippen LogP contribution in [0.15, 0.2) is 288 Å². The van der Waals surface area contributed by atoms with Gasteiger partial charge in [-0.2, -0.15) is 0 Å². The molecular formula is C94H70N2O2. The average Bonchev–Trinajstić information content (AvgIpc) is 1.53. The second-order valence-electron chi connectivity index (χ2n) is 29.8. The molecule has 468 valence electrons. The van der Waals surface area contributed by atoms with Crippen molar-refractivity contribution in [2.75, 3.05) is 9.80 Å². The zero-order valence-corrected chi connectivity index (χ0v) is 54.8. The fourth-order valence-corrected chi connectivity index (χ4v) is 21.4. The van der Waals surface area contributed by atoms with Crippen molar-refractivity contribution < 1.29 is 8.83 Å². The quantitative estimate of drug-likeness (QED) is 0.152. The number of para-hydroxylation sites is 1. The molecule has 4 fully saturated rings. The summed E-state index contributed by atoms with van der Waals surface area (Å²) < 4.78 is 15.0. The predicted octanol–water partition coefficient (Wildman–Crippen LogP) is 26.0. The van der Waals surface area contributed by atoms with Crippen molar-refractivity contribution in [2.45, 2.75) is 69.1 Å². The standard InChI is InChI=1S/C94H70N2O2/c1-56-46-57-36-42-68(47-57)94(56)77-30-17-34-83(89(77)73-45-40-65(52-79(73)94)60-20-6-3-7-21-60)96(81-32-15-25-62-23-9-11-27-71(62)81)84-54-87-90(91-74-28-12-13-35-85(74)98-92(84)91)75-50-63-38-43-69(49-66(63)53-86(75)97-87)95(80-31-14-24-61-22-8-10-26-70(61)80)82-33-16-29-76-88(82)72-44-39-64(59-18-4-2-5-19-59)51-78(72)93(76)55-58-37-41-67(93)48-58/h2-35,38-40,43-45,49-54,56-58,67-68H,36-37,41-42,46-48,55H2,1H3/t56-,57?,58?,67?,68?,93?,94?/m0/s1. The van der Waals surface area contributed by atoms with E-state index in [0.29, 0.717) is 17.8 Å². The van der Waals surface area contributed by atoms with E-state index in [2.05, 4.69) is 296 Å². The Morgan fingerprint density at radius 2 is 0.929 bits per heavy atom. The number of hydrogen-bond donors (Lipinski definition) is 0. The van der Waals surface area contributed by atoms with Gasteiger partial charge in [-0.15, -0.1) is 0 Å². The topological polar surface area (TPSA) is 32.8 Å². The Morgan fingerprint density at radius 1 is 0.337 bits per heavy atom. The van der Waals surface area contributed by atoms with Gasteiger partial charge in [0.25, 0.3) is 0 Å². The lowest BCUT2D eigenvalue weighted by atomic mass is 9.56. The first kappa shape index (κ1) is 55.2. The number of fused-ring (bicyclic) bond motifs is 26. The van der Waals surface area contributed by atoms with E-state index in [1.54, 1.807) is 0 Å². The molecule has 0 N–H and O–H groups in total. The summed E-state index contributed by atoms with van der Waals surface area (Å²) in [7, 11) is 0. The minimum Gasteiger partial charge on any atom is -0.456 e. The summed E-state index contributed by atoms with van der Waals surface area (Å²) in [5, 5.41) is 11.3. The average molecular weight is 1260 g/mol. The van der Waals surface area contributed by atoms with Gasteiger partial charge in [-0.1, -0.05) is 226 Å². The molecule has 98 heavy (non-hydrogen) atoms. The Hall–Kier alpha value is -10.9. The highest BCUT2D eigenvalue weighted by molar-refractivity contribution is 6.30. The molecule has 4 bridgehead atoms. The molecule has 2 aromatic heterocycles. The zero-order valence-electron chi connectivity index (χ0n) is 54.8. The molecule has 4 saturated carbocycles. The number of hydrogen-bond acceptors (Lipinski definition) is 4. The molecule has 6 unspecified atom stereocenters. The third-order valence-corrected chi connectivity index (χ3v) is 25.2.